The molecule has 2 nitrogen and oxygen atoms in total. The molecule has 0 aromatic carbocycles. The smallest absolute Gasteiger partial charge is 0.245 e. The zero-order valence-corrected chi connectivity index (χ0v) is 15.5. The molecule has 1 aliphatic heterocycles. The van der Waals surface area contributed by atoms with Gasteiger partial charge < -0.3 is 0 Å². The monoisotopic (exact) mass is 295 g/mol. The second kappa shape index (κ2) is 8.19. The maximum atomic E-state index is 3.74. The first-order valence-corrected chi connectivity index (χ1v) is 9.21. The number of nitrogens with one attached hydrogen (secondary N) is 1. The third kappa shape index (κ3) is 5.00. The van der Waals surface area contributed by atoms with Crippen molar-refractivity contribution < 1.29 is 4.58 Å². The Hall–Kier alpha value is -0.530. The number of unbranched alkanes of at least 4 members (excludes halogenated alkanes) is 8. The molecule has 0 aromatic heterocycles. The van der Waals surface area contributed by atoms with Crippen molar-refractivity contribution in [3.8, 4) is 0 Å². The van der Waals surface area contributed by atoms with Crippen LogP contribution in [-0.2, 0) is 0 Å². The largest absolute Gasteiger partial charge is 0.269 e. The van der Waals surface area contributed by atoms with E-state index in [4.69, 9.17) is 0 Å². The van der Waals surface area contributed by atoms with Gasteiger partial charge in [-0.1, -0.05) is 58.3 Å². The normalized spacial score (nSPS) is 19.9. The average molecular weight is 296 g/mol. The summed E-state index contributed by atoms with van der Waals surface area (Å²) in [6.45, 7) is 11.6. The minimum absolute atomic E-state index is 0.163. The summed E-state index contributed by atoms with van der Waals surface area (Å²) < 4.78 is 2.46. The molecular formula is C19H39N2+. The van der Waals surface area contributed by atoms with Crippen molar-refractivity contribution >= 4 is 5.84 Å². The standard InChI is InChI=1S/C19H38N2/c1-7-8-9-10-11-12-13-14-15-16-17-20-18(2,3)19(4,5)21(17)6/h7-16H2,1-6H3/p+1. The van der Waals surface area contributed by atoms with Crippen molar-refractivity contribution in [1.82, 2.24) is 5.32 Å². The summed E-state index contributed by atoms with van der Waals surface area (Å²) in [6, 6.07) is 0. The fraction of sp³-hybridized carbons (Fsp3) is 0.947. The van der Waals surface area contributed by atoms with Crippen molar-refractivity contribution in [3.63, 3.8) is 0 Å². The topological polar surface area (TPSA) is 15.0 Å². The van der Waals surface area contributed by atoms with Crippen LogP contribution in [0.3, 0.4) is 0 Å². The van der Waals surface area contributed by atoms with E-state index >= 15 is 0 Å². The molecule has 0 amide bonds. The van der Waals surface area contributed by atoms with Crippen molar-refractivity contribution in [2.45, 2.75) is 110 Å². The van der Waals surface area contributed by atoms with Crippen LogP contribution in [0.5, 0.6) is 0 Å². The Morgan fingerprint density at radius 1 is 0.810 bits per heavy atom. The summed E-state index contributed by atoms with van der Waals surface area (Å²) in [4.78, 5) is 0. The molecule has 1 heterocycles. The number of hydrogen-bond acceptors (Lipinski definition) is 1. The lowest BCUT2D eigenvalue weighted by molar-refractivity contribution is -0.574. The highest BCUT2D eigenvalue weighted by molar-refractivity contribution is 5.79. The lowest BCUT2D eigenvalue weighted by Gasteiger charge is -2.29. The first kappa shape index (κ1) is 18.5. The quantitative estimate of drug-likeness (QED) is 0.437. The molecule has 1 N–H and O–H groups in total. The minimum atomic E-state index is 0.163. The molecule has 0 fully saturated rings. The zero-order valence-electron chi connectivity index (χ0n) is 15.5. The molecule has 0 aliphatic carbocycles. The van der Waals surface area contributed by atoms with E-state index in [2.05, 4.69) is 51.6 Å². The molecule has 0 saturated heterocycles. The lowest BCUT2D eigenvalue weighted by atomic mass is 9.84. The molecule has 2 heteroatoms. The highest BCUT2D eigenvalue weighted by atomic mass is 15.3. The lowest BCUT2D eigenvalue weighted by Crippen LogP contribution is -2.53. The zero-order chi connectivity index (χ0) is 15.9. The highest BCUT2D eigenvalue weighted by Gasteiger charge is 2.52. The molecule has 0 spiro atoms. The Bertz CT molecular complexity index is 339. The van der Waals surface area contributed by atoms with E-state index in [1.165, 1.54) is 70.0 Å². The molecule has 1 rings (SSSR count). The van der Waals surface area contributed by atoms with E-state index in [1.54, 1.807) is 0 Å². The molecule has 0 radical (unpaired) electrons. The SMILES string of the molecule is CCCCCCCCCCCC1=[N+](C)C(C)(C)C(C)(C)N1. The highest BCUT2D eigenvalue weighted by Crippen LogP contribution is 2.29. The fourth-order valence-corrected chi connectivity index (χ4v) is 3.19. The van der Waals surface area contributed by atoms with Crippen LogP contribution in [0.15, 0.2) is 0 Å². The summed E-state index contributed by atoms with van der Waals surface area (Å²) >= 11 is 0. The van der Waals surface area contributed by atoms with Gasteiger partial charge in [0.05, 0.1) is 7.05 Å². The number of likely N-dealkylation sites (N-methyl/N-ethyl adjacent to an activating group) is 1. The van der Waals surface area contributed by atoms with Crippen molar-refractivity contribution in [2.75, 3.05) is 7.05 Å². The third-order valence-corrected chi connectivity index (χ3v) is 5.75. The fourth-order valence-electron chi connectivity index (χ4n) is 3.19. The maximum absolute atomic E-state index is 3.74. The molecule has 0 atom stereocenters. The van der Waals surface area contributed by atoms with Gasteiger partial charge in [-0.15, -0.1) is 0 Å². The van der Waals surface area contributed by atoms with Crippen molar-refractivity contribution in [1.29, 1.82) is 0 Å². The van der Waals surface area contributed by atoms with E-state index in [1.807, 2.05) is 0 Å². The Kier molecular flexibility index (Phi) is 7.23. The van der Waals surface area contributed by atoms with E-state index < -0.39 is 0 Å². The predicted octanol–water partition coefficient (Wildman–Crippen LogP) is 5.11. The van der Waals surface area contributed by atoms with Gasteiger partial charge in [0, 0.05) is 6.42 Å². The average Bonchev–Trinajstić information content (AvgIpc) is 2.57. The Morgan fingerprint density at radius 2 is 1.29 bits per heavy atom. The van der Waals surface area contributed by atoms with Crippen LogP contribution in [0.2, 0.25) is 0 Å². The molecule has 124 valence electrons. The van der Waals surface area contributed by atoms with Crippen LogP contribution >= 0.6 is 0 Å². The van der Waals surface area contributed by atoms with E-state index in [9.17, 15) is 0 Å². The summed E-state index contributed by atoms with van der Waals surface area (Å²) in [5, 5.41) is 3.74. The molecule has 0 saturated carbocycles. The van der Waals surface area contributed by atoms with Crippen LogP contribution in [-0.4, -0.2) is 28.5 Å². The predicted molar refractivity (Wildman–Crippen MR) is 94.3 cm³/mol. The Balaban J connectivity index is 2.15. The maximum Gasteiger partial charge on any atom is 0.245 e. The van der Waals surface area contributed by atoms with Crippen molar-refractivity contribution in [3.05, 3.63) is 0 Å². The first-order valence-electron chi connectivity index (χ1n) is 9.21. The molecular weight excluding hydrogens is 256 g/mol. The van der Waals surface area contributed by atoms with Gasteiger partial charge in [-0.2, -0.15) is 0 Å². The van der Waals surface area contributed by atoms with E-state index in [-0.39, 0.29) is 11.1 Å². The van der Waals surface area contributed by atoms with Crippen LogP contribution in [0.25, 0.3) is 0 Å². The summed E-state index contributed by atoms with van der Waals surface area (Å²) in [5.41, 5.74) is 0.359. The molecule has 0 aromatic rings. The summed E-state index contributed by atoms with van der Waals surface area (Å²) in [5.74, 6) is 1.44. The van der Waals surface area contributed by atoms with Crippen LogP contribution in [0.1, 0.15) is 98.8 Å². The molecule has 21 heavy (non-hydrogen) atoms. The summed E-state index contributed by atoms with van der Waals surface area (Å²) in [6.07, 6.45) is 13.9. The minimum Gasteiger partial charge on any atom is -0.269 e. The van der Waals surface area contributed by atoms with Crippen molar-refractivity contribution in [2.24, 2.45) is 0 Å². The molecule has 1 aliphatic rings. The Morgan fingerprint density at radius 3 is 1.71 bits per heavy atom. The number of hydrogen-bond donors (Lipinski definition) is 1. The van der Waals surface area contributed by atoms with E-state index in [0.717, 1.165) is 0 Å². The van der Waals surface area contributed by atoms with Crippen LogP contribution in [0, 0.1) is 0 Å². The van der Waals surface area contributed by atoms with Gasteiger partial charge in [-0.05, 0) is 34.1 Å². The number of rotatable bonds is 10. The number of amidine groups is 1. The first-order chi connectivity index (χ1) is 9.83. The third-order valence-electron chi connectivity index (χ3n) is 5.75. The molecule has 0 bridgehead atoms. The van der Waals surface area contributed by atoms with Gasteiger partial charge in [0.15, 0.2) is 0 Å². The number of nitrogens with zero attached hydrogens (tertiary/aromatic N) is 1. The van der Waals surface area contributed by atoms with Gasteiger partial charge in [-0.25, -0.2) is 0 Å². The van der Waals surface area contributed by atoms with Crippen LogP contribution < -0.4 is 5.32 Å². The Labute approximate surface area is 133 Å². The van der Waals surface area contributed by atoms with Gasteiger partial charge in [0.2, 0.25) is 5.84 Å². The summed E-state index contributed by atoms with van der Waals surface area (Å²) in [7, 11) is 2.24. The van der Waals surface area contributed by atoms with E-state index in [0.29, 0.717) is 0 Å². The second-order valence-electron chi connectivity index (χ2n) is 7.89. The van der Waals surface area contributed by atoms with Gasteiger partial charge in [-0.3, -0.25) is 9.89 Å². The molecule has 0 unspecified atom stereocenters. The second-order valence-corrected chi connectivity index (χ2v) is 7.89. The van der Waals surface area contributed by atoms with Gasteiger partial charge >= 0.3 is 0 Å². The van der Waals surface area contributed by atoms with Crippen LogP contribution in [0.4, 0.5) is 0 Å². The van der Waals surface area contributed by atoms with Gasteiger partial charge in [0.25, 0.3) is 0 Å². The van der Waals surface area contributed by atoms with Gasteiger partial charge in [0.1, 0.15) is 11.1 Å².